The molecule has 0 aromatic rings. The highest BCUT2D eigenvalue weighted by Crippen LogP contribution is 2.60. The first-order valence-electron chi connectivity index (χ1n) is 11.9. The Balaban J connectivity index is 1.36. The van der Waals surface area contributed by atoms with Gasteiger partial charge in [0.05, 0.1) is 0 Å². The van der Waals surface area contributed by atoms with Crippen molar-refractivity contribution in [3.8, 4) is 0 Å². The Morgan fingerprint density at radius 2 is 1.69 bits per heavy atom. The molecular weight excluding hydrogens is 372 g/mol. The van der Waals surface area contributed by atoms with E-state index in [9.17, 15) is 0 Å². The first kappa shape index (κ1) is 22.0. The second-order valence-corrected chi connectivity index (χ2v) is 9.99. The number of unbranched alkanes of at least 4 members (excludes halogenated alkanes) is 5. The molecule has 1 saturated carbocycles. The van der Waals surface area contributed by atoms with Gasteiger partial charge < -0.3 is 19.3 Å². The first-order chi connectivity index (χ1) is 14.0. The molecule has 29 heavy (non-hydrogen) atoms. The minimum atomic E-state index is -0.725. The zero-order valence-corrected chi connectivity index (χ0v) is 18.4. The number of rotatable bonds is 9. The predicted octanol–water partition coefficient (Wildman–Crippen LogP) is 4.54. The lowest BCUT2D eigenvalue weighted by Crippen LogP contribution is -2.70. The van der Waals surface area contributed by atoms with Crippen molar-refractivity contribution in [2.75, 3.05) is 13.2 Å². The van der Waals surface area contributed by atoms with Crippen LogP contribution >= 0.6 is 0 Å². The smallest absolute Gasteiger partial charge is 0.201 e. The number of ether oxygens (including phenoxy) is 3. The van der Waals surface area contributed by atoms with E-state index in [4.69, 9.17) is 29.1 Å². The van der Waals surface area contributed by atoms with Gasteiger partial charge in [-0.15, -0.1) is 0 Å². The molecule has 1 spiro atoms. The van der Waals surface area contributed by atoms with Crippen molar-refractivity contribution < 1.29 is 29.1 Å². The average Bonchev–Trinajstić information content (AvgIpc) is 2.93. The Bertz CT molecular complexity index is 543. The van der Waals surface area contributed by atoms with Crippen LogP contribution in [0.1, 0.15) is 85.0 Å². The van der Waals surface area contributed by atoms with Crippen LogP contribution in [0.2, 0.25) is 0 Å². The molecule has 4 saturated heterocycles. The summed E-state index contributed by atoms with van der Waals surface area (Å²) >= 11 is 0. The minimum Gasteiger partial charge on any atom is -0.396 e. The van der Waals surface area contributed by atoms with Crippen molar-refractivity contribution in [2.24, 2.45) is 23.7 Å². The summed E-state index contributed by atoms with van der Waals surface area (Å²) in [5, 5.41) is 8.85. The summed E-state index contributed by atoms with van der Waals surface area (Å²) in [7, 11) is 0. The summed E-state index contributed by atoms with van der Waals surface area (Å²) < 4.78 is 19.0. The lowest BCUT2D eigenvalue weighted by atomic mass is 9.58. The third-order valence-electron chi connectivity index (χ3n) is 7.93. The van der Waals surface area contributed by atoms with E-state index in [0.717, 1.165) is 51.6 Å². The Kier molecular flexibility index (Phi) is 6.89. The maximum Gasteiger partial charge on any atom is 0.201 e. The van der Waals surface area contributed by atoms with E-state index in [1.807, 2.05) is 6.92 Å². The molecule has 1 aliphatic carbocycles. The van der Waals surface area contributed by atoms with E-state index in [1.54, 1.807) is 0 Å². The summed E-state index contributed by atoms with van der Waals surface area (Å²) in [6.45, 7) is 7.56. The van der Waals surface area contributed by atoms with Crippen LogP contribution in [-0.2, 0) is 24.0 Å². The van der Waals surface area contributed by atoms with E-state index in [2.05, 4.69) is 13.8 Å². The second kappa shape index (κ2) is 9.09. The molecule has 168 valence electrons. The first-order valence-corrected chi connectivity index (χ1v) is 11.9. The van der Waals surface area contributed by atoms with Gasteiger partial charge >= 0.3 is 0 Å². The monoisotopic (exact) mass is 412 g/mol. The van der Waals surface area contributed by atoms with Crippen molar-refractivity contribution in [1.29, 1.82) is 0 Å². The summed E-state index contributed by atoms with van der Waals surface area (Å²) in [4.78, 5) is 12.0. The van der Waals surface area contributed by atoms with Crippen LogP contribution in [0.25, 0.3) is 0 Å². The molecule has 0 unspecified atom stereocenters. The fourth-order valence-corrected chi connectivity index (χ4v) is 6.18. The van der Waals surface area contributed by atoms with E-state index in [-0.39, 0.29) is 12.2 Å². The SMILES string of the molecule is C[C@H]1[C@@H](OCCCCCCCCO)O[C@@H]2O[C@@]3(C)CC[C@H]4[C@H](C)CC[C@@H]1[C@@]24OO3. The molecule has 5 fully saturated rings. The Morgan fingerprint density at radius 3 is 2.48 bits per heavy atom. The summed E-state index contributed by atoms with van der Waals surface area (Å²) in [5.74, 6) is 0.837. The second-order valence-electron chi connectivity index (χ2n) is 9.99. The Hall–Kier alpha value is -0.240. The van der Waals surface area contributed by atoms with E-state index < -0.39 is 17.7 Å². The van der Waals surface area contributed by atoms with Gasteiger partial charge in [-0.05, 0) is 50.9 Å². The van der Waals surface area contributed by atoms with Crippen molar-refractivity contribution in [3.63, 3.8) is 0 Å². The number of hydrogen-bond acceptors (Lipinski definition) is 6. The summed E-state index contributed by atoms with van der Waals surface area (Å²) in [6.07, 6.45) is 10.2. The molecule has 5 rings (SSSR count). The summed E-state index contributed by atoms with van der Waals surface area (Å²) in [6, 6.07) is 0. The maximum atomic E-state index is 8.85. The third kappa shape index (κ3) is 4.13. The van der Waals surface area contributed by atoms with Gasteiger partial charge in [0, 0.05) is 31.5 Å². The average molecular weight is 413 g/mol. The van der Waals surface area contributed by atoms with Gasteiger partial charge in [0.25, 0.3) is 0 Å². The molecule has 1 N–H and O–H groups in total. The van der Waals surface area contributed by atoms with Crippen molar-refractivity contribution in [2.45, 2.75) is 109 Å². The van der Waals surface area contributed by atoms with Crippen molar-refractivity contribution in [3.05, 3.63) is 0 Å². The third-order valence-corrected chi connectivity index (χ3v) is 7.93. The molecule has 0 aromatic carbocycles. The van der Waals surface area contributed by atoms with Crippen LogP contribution in [0, 0.1) is 23.7 Å². The molecule has 4 heterocycles. The van der Waals surface area contributed by atoms with E-state index in [0.29, 0.717) is 24.4 Å². The molecule has 2 bridgehead atoms. The lowest BCUT2D eigenvalue weighted by molar-refractivity contribution is -0.577. The van der Waals surface area contributed by atoms with Crippen LogP contribution in [0.5, 0.6) is 0 Å². The molecule has 5 aliphatic rings. The predicted molar refractivity (Wildman–Crippen MR) is 108 cm³/mol. The van der Waals surface area contributed by atoms with Crippen molar-refractivity contribution in [1.82, 2.24) is 0 Å². The molecule has 0 aromatic heterocycles. The van der Waals surface area contributed by atoms with E-state index in [1.165, 1.54) is 19.3 Å². The zero-order valence-electron chi connectivity index (χ0n) is 18.4. The van der Waals surface area contributed by atoms with Gasteiger partial charge in [0.15, 0.2) is 18.2 Å². The van der Waals surface area contributed by atoms with Gasteiger partial charge in [-0.25, -0.2) is 9.78 Å². The highest BCUT2D eigenvalue weighted by molar-refractivity contribution is 5.09. The van der Waals surface area contributed by atoms with Crippen LogP contribution in [-0.4, -0.2) is 42.3 Å². The van der Waals surface area contributed by atoms with Crippen LogP contribution < -0.4 is 0 Å². The molecule has 4 aliphatic heterocycles. The molecule has 6 nitrogen and oxygen atoms in total. The Labute approximate surface area is 175 Å². The topological polar surface area (TPSA) is 66.4 Å². The van der Waals surface area contributed by atoms with Gasteiger partial charge in [0.1, 0.15) is 0 Å². The number of aliphatic hydroxyl groups is 1. The quantitative estimate of drug-likeness (QED) is 0.443. The van der Waals surface area contributed by atoms with Gasteiger partial charge in [-0.2, -0.15) is 0 Å². The Morgan fingerprint density at radius 1 is 0.931 bits per heavy atom. The molecule has 6 heteroatoms. The van der Waals surface area contributed by atoms with Crippen LogP contribution in [0.4, 0.5) is 0 Å². The van der Waals surface area contributed by atoms with Crippen LogP contribution in [0.15, 0.2) is 0 Å². The van der Waals surface area contributed by atoms with Crippen LogP contribution in [0.3, 0.4) is 0 Å². The maximum absolute atomic E-state index is 8.85. The fraction of sp³-hybridized carbons (Fsp3) is 1.00. The fourth-order valence-electron chi connectivity index (χ4n) is 6.18. The molecular formula is C23H40O6. The molecule has 8 atom stereocenters. The van der Waals surface area contributed by atoms with Gasteiger partial charge in [0.2, 0.25) is 5.79 Å². The largest absolute Gasteiger partial charge is 0.396 e. The number of fused-ring (bicyclic) bond motifs is 2. The van der Waals surface area contributed by atoms with Gasteiger partial charge in [-0.3, -0.25) is 0 Å². The highest BCUT2D eigenvalue weighted by atomic mass is 17.3. The lowest BCUT2D eigenvalue weighted by Gasteiger charge is -2.60. The molecule has 0 amide bonds. The normalized spacial score (nSPS) is 46.3. The highest BCUT2D eigenvalue weighted by Gasteiger charge is 2.69. The van der Waals surface area contributed by atoms with Crippen molar-refractivity contribution >= 4 is 0 Å². The minimum absolute atomic E-state index is 0.245. The number of aliphatic hydroxyl groups excluding tert-OH is 1. The standard InChI is InChI=1S/C23H40O6/c1-16-10-11-19-17(2)20(25-15-9-7-5-4-6-8-14-24)26-21-23(19)18(16)12-13-22(3,27-21)28-29-23/h16-21,24H,4-15H2,1-3H3/t16-,17-,18+,19+,20+,21-,22-,23-/m1/s1. The van der Waals surface area contributed by atoms with E-state index >= 15 is 0 Å². The summed E-state index contributed by atoms with van der Waals surface area (Å²) in [5.41, 5.74) is -0.500. The van der Waals surface area contributed by atoms with Gasteiger partial charge in [-0.1, -0.05) is 39.5 Å². The number of hydrogen-bond donors (Lipinski definition) is 1. The zero-order chi connectivity index (χ0) is 20.5. The molecule has 0 radical (unpaired) electrons.